The molecule has 2 aliphatic rings. The fourth-order valence-corrected chi connectivity index (χ4v) is 3.87. The number of H-pyrrole nitrogens is 2. The van der Waals surface area contributed by atoms with Crippen LogP contribution in [0.5, 0.6) is 0 Å². The number of likely N-dealkylation sites (tertiary alicyclic amines) is 2. The standard InChI is InChI=1S/C17H24N4O5/c1-26-8-7-20-5-2-3-17(15(20)24)4-6-21(11-17)13(22)9-12-10-18-16(25)19-14(12)23/h10H,2-9,11H2,1H3,(H2,18,19,23,25)/t17-/m0/s1. The van der Waals surface area contributed by atoms with Gasteiger partial charge in [-0.2, -0.15) is 0 Å². The Morgan fingerprint density at radius 3 is 2.81 bits per heavy atom. The fourth-order valence-electron chi connectivity index (χ4n) is 3.87. The van der Waals surface area contributed by atoms with Crippen LogP contribution in [-0.2, 0) is 20.7 Å². The summed E-state index contributed by atoms with van der Waals surface area (Å²) in [5.74, 6) is -0.112. The highest BCUT2D eigenvalue weighted by Gasteiger charge is 2.49. The summed E-state index contributed by atoms with van der Waals surface area (Å²) in [6, 6.07) is 0. The lowest BCUT2D eigenvalue weighted by molar-refractivity contribution is -0.146. The van der Waals surface area contributed by atoms with E-state index in [2.05, 4.69) is 9.97 Å². The highest BCUT2D eigenvalue weighted by atomic mass is 16.5. The second-order valence-corrected chi connectivity index (χ2v) is 7.01. The van der Waals surface area contributed by atoms with Crippen LogP contribution in [0.2, 0.25) is 0 Å². The molecule has 2 saturated heterocycles. The van der Waals surface area contributed by atoms with Gasteiger partial charge in [-0.3, -0.25) is 19.4 Å². The fraction of sp³-hybridized carbons (Fsp3) is 0.647. The van der Waals surface area contributed by atoms with Crippen LogP contribution in [0.3, 0.4) is 0 Å². The molecular weight excluding hydrogens is 340 g/mol. The van der Waals surface area contributed by atoms with Crippen LogP contribution in [0, 0.1) is 5.41 Å². The first-order valence-corrected chi connectivity index (χ1v) is 8.82. The Hall–Kier alpha value is -2.42. The predicted octanol–water partition coefficient (Wildman–Crippen LogP) is -0.907. The molecule has 2 fully saturated rings. The van der Waals surface area contributed by atoms with Crippen molar-refractivity contribution in [2.45, 2.75) is 25.7 Å². The SMILES string of the molecule is COCCN1CCC[C@@]2(CCN(C(=O)Cc3c[nH]c(=O)[nH]c3=O)C2)C1=O. The van der Waals surface area contributed by atoms with Gasteiger partial charge in [0.05, 0.1) is 18.4 Å². The van der Waals surface area contributed by atoms with Crippen molar-refractivity contribution in [1.82, 2.24) is 19.8 Å². The van der Waals surface area contributed by atoms with Gasteiger partial charge >= 0.3 is 5.69 Å². The summed E-state index contributed by atoms with van der Waals surface area (Å²) in [6.07, 6.45) is 3.51. The van der Waals surface area contributed by atoms with Crippen LogP contribution >= 0.6 is 0 Å². The van der Waals surface area contributed by atoms with E-state index >= 15 is 0 Å². The first-order chi connectivity index (χ1) is 12.4. The van der Waals surface area contributed by atoms with Gasteiger partial charge in [-0.25, -0.2) is 4.79 Å². The van der Waals surface area contributed by atoms with Gasteiger partial charge in [0.15, 0.2) is 0 Å². The predicted molar refractivity (Wildman–Crippen MR) is 92.7 cm³/mol. The average molecular weight is 364 g/mol. The molecule has 1 aromatic heterocycles. The molecule has 9 heteroatoms. The number of aromatic amines is 2. The Balaban J connectivity index is 1.67. The number of amides is 2. The second kappa shape index (κ2) is 7.45. The maximum atomic E-state index is 12.9. The van der Waals surface area contributed by atoms with E-state index in [9.17, 15) is 19.2 Å². The zero-order chi connectivity index (χ0) is 18.7. The Kier molecular flexibility index (Phi) is 5.26. The van der Waals surface area contributed by atoms with Gasteiger partial charge in [0.2, 0.25) is 11.8 Å². The topological polar surface area (TPSA) is 116 Å². The molecule has 142 valence electrons. The number of ether oxygens (including phenoxy) is 1. The van der Waals surface area contributed by atoms with Crippen LogP contribution in [0.4, 0.5) is 0 Å². The average Bonchev–Trinajstić information content (AvgIpc) is 3.04. The summed E-state index contributed by atoms with van der Waals surface area (Å²) < 4.78 is 5.07. The molecule has 2 aliphatic heterocycles. The third-order valence-electron chi connectivity index (χ3n) is 5.33. The molecule has 2 N–H and O–H groups in total. The third-order valence-corrected chi connectivity index (χ3v) is 5.33. The zero-order valence-corrected chi connectivity index (χ0v) is 14.9. The molecule has 0 bridgehead atoms. The number of methoxy groups -OCH3 is 1. The smallest absolute Gasteiger partial charge is 0.325 e. The molecule has 3 rings (SSSR count). The summed E-state index contributed by atoms with van der Waals surface area (Å²) in [5.41, 5.74) is -1.46. The van der Waals surface area contributed by atoms with E-state index in [1.165, 1.54) is 6.20 Å². The monoisotopic (exact) mass is 364 g/mol. The van der Waals surface area contributed by atoms with Gasteiger partial charge < -0.3 is 19.5 Å². The first-order valence-electron chi connectivity index (χ1n) is 8.82. The molecule has 0 unspecified atom stereocenters. The van der Waals surface area contributed by atoms with Crippen molar-refractivity contribution in [3.05, 3.63) is 32.6 Å². The van der Waals surface area contributed by atoms with E-state index < -0.39 is 16.7 Å². The number of piperidine rings is 1. The summed E-state index contributed by atoms with van der Waals surface area (Å²) >= 11 is 0. The zero-order valence-electron chi connectivity index (χ0n) is 14.9. The lowest BCUT2D eigenvalue weighted by Crippen LogP contribution is -2.51. The van der Waals surface area contributed by atoms with Crippen molar-refractivity contribution in [3.8, 4) is 0 Å². The number of carbonyl (C=O) groups is 2. The van der Waals surface area contributed by atoms with E-state index in [0.29, 0.717) is 32.7 Å². The number of hydrogen-bond acceptors (Lipinski definition) is 5. The highest BCUT2D eigenvalue weighted by molar-refractivity contribution is 5.86. The second-order valence-electron chi connectivity index (χ2n) is 7.01. The summed E-state index contributed by atoms with van der Waals surface area (Å²) in [7, 11) is 1.61. The molecule has 1 aromatic rings. The number of carbonyl (C=O) groups excluding carboxylic acids is 2. The Bertz CT molecular complexity index is 801. The maximum Gasteiger partial charge on any atom is 0.325 e. The van der Waals surface area contributed by atoms with Gasteiger partial charge in [0, 0.05) is 45.0 Å². The third kappa shape index (κ3) is 3.57. The van der Waals surface area contributed by atoms with Gasteiger partial charge in [-0.15, -0.1) is 0 Å². The van der Waals surface area contributed by atoms with Crippen molar-refractivity contribution < 1.29 is 14.3 Å². The lowest BCUT2D eigenvalue weighted by Gasteiger charge is -2.39. The molecule has 26 heavy (non-hydrogen) atoms. The quantitative estimate of drug-likeness (QED) is 0.702. The van der Waals surface area contributed by atoms with Crippen LogP contribution < -0.4 is 11.2 Å². The minimum Gasteiger partial charge on any atom is -0.383 e. The van der Waals surface area contributed by atoms with Crippen molar-refractivity contribution in [2.75, 3.05) is 39.9 Å². The number of rotatable bonds is 5. The van der Waals surface area contributed by atoms with Crippen LogP contribution in [0.1, 0.15) is 24.8 Å². The van der Waals surface area contributed by atoms with E-state index in [-0.39, 0.29) is 23.8 Å². The minimum atomic E-state index is -0.602. The molecule has 0 aromatic carbocycles. The number of aromatic nitrogens is 2. The van der Waals surface area contributed by atoms with E-state index in [1.807, 2.05) is 4.90 Å². The largest absolute Gasteiger partial charge is 0.383 e. The molecule has 0 radical (unpaired) electrons. The number of nitrogens with one attached hydrogen (secondary N) is 2. The Morgan fingerprint density at radius 1 is 1.27 bits per heavy atom. The van der Waals surface area contributed by atoms with Gasteiger partial charge in [0.25, 0.3) is 5.56 Å². The number of nitrogens with zero attached hydrogens (tertiary/aromatic N) is 2. The number of hydrogen-bond donors (Lipinski definition) is 2. The maximum absolute atomic E-state index is 12.9. The molecule has 3 heterocycles. The molecular formula is C17H24N4O5. The summed E-state index contributed by atoms with van der Waals surface area (Å²) in [4.78, 5) is 56.3. The summed E-state index contributed by atoms with van der Waals surface area (Å²) in [6.45, 7) is 2.68. The van der Waals surface area contributed by atoms with E-state index in [4.69, 9.17) is 4.74 Å². The minimum absolute atomic E-state index is 0.0935. The first kappa shape index (κ1) is 18.4. The Labute approximate surface area is 150 Å². The van der Waals surface area contributed by atoms with Crippen LogP contribution in [-0.4, -0.2) is 71.5 Å². The van der Waals surface area contributed by atoms with Gasteiger partial charge in [0.1, 0.15) is 0 Å². The molecule has 1 atom stereocenters. The lowest BCUT2D eigenvalue weighted by atomic mass is 9.78. The molecule has 0 saturated carbocycles. The van der Waals surface area contributed by atoms with E-state index in [0.717, 1.165) is 19.4 Å². The Morgan fingerprint density at radius 2 is 2.08 bits per heavy atom. The van der Waals surface area contributed by atoms with E-state index in [1.54, 1.807) is 12.0 Å². The summed E-state index contributed by atoms with van der Waals surface area (Å²) in [5, 5.41) is 0. The van der Waals surface area contributed by atoms with Gasteiger partial charge in [-0.05, 0) is 19.3 Å². The molecule has 1 spiro atoms. The van der Waals surface area contributed by atoms with Crippen molar-refractivity contribution in [1.29, 1.82) is 0 Å². The van der Waals surface area contributed by atoms with Crippen LogP contribution in [0.25, 0.3) is 0 Å². The van der Waals surface area contributed by atoms with Gasteiger partial charge in [-0.1, -0.05) is 0 Å². The van der Waals surface area contributed by atoms with Crippen molar-refractivity contribution in [2.24, 2.45) is 5.41 Å². The van der Waals surface area contributed by atoms with Crippen molar-refractivity contribution in [3.63, 3.8) is 0 Å². The van der Waals surface area contributed by atoms with Crippen LogP contribution in [0.15, 0.2) is 15.8 Å². The highest BCUT2D eigenvalue weighted by Crippen LogP contribution is 2.40. The van der Waals surface area contributed by atoms with Crippen molar-refractivity contribution >= 4 is 11.8 Å². The molecule has 9 nitrogen and oxygen atoms in total. The normalized spacial score (nSPS) is 23.0. The molecule has 0 aliphatic carbocycles. The molecule has 2 amide bonds.